The molecule has 0 aliphatic carbocycles. The summed E-state index contributed by atoms with van der Waals surface area (Å²) in [5.41, 5.74) is 7.58. The normalized spacial score (nSPS) is 11.7. The molecule has 0 fully saturated rings. The SMILES string of the molecule is C=C/C=C(/N=Nc1ccc(N(C)C)c2ccccc12)c1ccccc1NCC(=O)NCCSSCCNC(=O)C[n+]1ccc(N=Nc2ccc(N(C)C)c3ccccc23)c2ccccc21. The number of nitrogens with one attached hydrogen (secondary N) is 3. The standard InChI is InChI=1S/C51H52N10O2S2/c1-6-15-43(55-56-44-24-26-47(59(2)3)38-18-9-7-16-36(38)44)40-20-11-13-22-42(40)54-34-50(62)52-29-32-64-65-33-30-53-51(63)35-61-31-28-46(41-21-12-14-23-49(41)61)58-57-45-25-27-48(60(4)5)39-19-10-8-17-37(39)45/h6-28,31,54H,1,29-30,32-35H2,2-5H3,(H-,52,53,62,63)/p+1/b43-15+,56-55?. The number of nitrogens with zero attached hydrogens (tertiary/aromatic N) is 7. The zero-order chi connectivity index (χ0) is 45.5. The van der Waals surface area contributed by atoms with E-state index in [-0.39, 0.29) is 24.9 Å². The van der Waals surface area contributed by atoms with Gasteiger partial charge in [-0.2, -0.15) is 4.57 Å². The number of benzene rings is 6. The smallest absolute Gasteiger partial charge is 0.286 e. The Morgan fingerprint density at radius 2 is 1.14 bits per heavy atom. The largest absolute Gasteiger partial charge is 0.377 e. The molecule has 2 amide bonds. The number of anilines is 3. The minimum absolute atomic E-state index is 0.0763. The molecule has 7 aromatic rings. The third-order valence-electron chi connectivity index (χ3n) is 10.5. The van der Waals surface area contributed by atoms with Crippen molar-refractivity contribution < 1.29 is 14.2 Å². The molecule has 0 unspecified atom stereocenters. The maximum Gasteiger partial charge on any atom is 0.286 e. The summed E-state index contributed by atoms with van der Waals surface area (Å²) < 4.78 is 1.93. The summed E-state index contributed by atoms with van der Waals surface area (Å²) in [4.78, 5) is 30.0. The lowest BCUT2D eigenvalue weighted by Gasteiger charge is -2.16. The lowest BCUT2D eigenvalue weighted by molar-refractivity contribution is -0.658. The molecule has 1 heterocycles. The maximum atomic E-state index is 13.0. The number of carbonyl (C=O) groups is 2. The topological polar surface area (TPSA) is 130 Å². The predicted octanol–water partition coefficient (Wildman–Crippen LogP) is 11.0. The number of hydrogen-bond acceptors (Lipinski definition) is 11. The van der Waals surface area contributed by atoms with Crippen molar-refractivity contribution in [3.05, 3.63) is 158 Å². The second-order valence-corrected chi connectivity index (χ2v) is 18.1. The van der Waals surface area contributed by atoms with Gasteiger partial charge in [0.25, 0.3) is 5.91 Å². The molecule has 0 atom stereocenters. The van der Waals surface area contributed by atoms with Crippen LogP contribution in [0, 0.1) is 0 Å². The summed E-state index contributed by atoms with van der Waals surface area (Å²) in [5, 5.41) is 33.1. The van der Waals surface area contributed by atoms with Crippen LogP contribution < -0.4 is 30.3 Å². The average molecular weight is 902 g/mol. The third-order valence-corrected chi connectivity index (χ3v) is 12.9. The van der Waals surface area contributed by atoms with Gasteiger partial charge < -0.3 is 25.8 Å². The fourth-order valence-corrected chi connectivity index (χ4v) is 9.19. The van der Waals surface area contributed by atoms with Crippen LogP contribution in [0.25, 0.3) is 38.1 Å². The molecule has 0 saturated heterocycles. The molecule has 14 heteroatoms. The van der Waals surface area contributed by atoms with Crippen LogP contribution in [0.5, 0.6) is 0 Å². The zero-order valence-corrected chi connectivity index (χ0v) is 38.7. The van der Waals surface area contributed by atoms with Crippen LogP contribution in [0.3, 0.4) is 0 Å². The number of amides is 2. The maximum absolute atomic E-state index is 13.0. The highest BCUT2D eigenvalue weighted by molar-refractivity contribution is 8.76. The molecule has 0 bridgehead atoms. The highest BCUT2D eigenvalue weighted by atomic mass is 33.1. The Bertz CT molecular complexity index is 2910. The van der Waals surface area contributed by atoms with Crippen molar-refractivity contribution in [1.82, 2.24) is 10.6 Å². The first kappa shape index (κ1) is 46.0. The van der Waals surface area contributed by atoms with Gasteiger partial charge in [-0.05, 0) is 42.5 Å². The minimum Gasteiger partial charge on any atom is -0.377 e. The zero-order valence-electron chi connectivity index (χ0n) is 37.1. The molecule has 7 rings (SSSR count). The quantitative estimate of drug-likeness (QED) is 0.0228. The van der Waals surface area contributed by atoms with E-state index in [0.29, 0.717) is 18.8 Å². The Labute approximate surface area is 388 Å². The summed E-state index contributed by atoms with van der Waals surface area (Å²) in [5.74, 6) is 1.26. The fourth-order valence-electron chi connectivity index (χ4n) is 7.38. The van der Waals surface area contributed by atoms with Crippen LogP contribution in [-0.2, 0) is 16.1 Å². The molecular weight excluding hydrogens is 849 g/mol. The summed E-state index contributed by atoms with van der Waals surface area (Å²) in [7, 11) is 11.4. The van der Waals surface area contributed by atoms with Crippen LogP contribution in [0.4, 0.5) is 34.1 Å². The van der Waals surface area contributed by atoms with Crippen molar-refractivity contribution >= 4 is 106 Å². The minimum atomic E-state index is -0.120. The molecule has 0 saturated carbocycles. The molecule has 6 aromatic carbocycles. The van der Waals surface area contributed by atoms with E-state index < -0.39 is 0 Å². The lowest BCUT2D eigenvalue weighted by Crippen LogP contribution is -2.43. The number of allylic oxidation sites excluding steroid dienone is 2. The molecule has 12 nitrogen and oxygen atoms in total. The van der Waals surface area contributed by atoms with Gasteiger partial charge in [0.2, 0.25) is 18.0 Å². The van der Waals surface area contributed by atoms with E-state index in [2.05, 4.69) is 77.1 Å². The van der Waals surface area contributed by atoms with E-state index in [0.717, 1.165) is 83.6 Å². The van der Waals surface area contributed by atoms with Crippen LogP contribution in [0.2, 0.25) is 0 Å². The van der Waals surface area contributed by atoms with Crippen molar-refractivity contribution in [2.45, 2.75) is 6.54 Å². The van der Waals surface area contributed by atoms with Gasteiger partial charge in [-0.1, -0.05) is 113 Å². The van der Waals surface area contributed by atoms with E-state index in [1.165, 1.54) is 0 Å². The number of fused-ring (bicyclic) bond motifs is 3. The van der Waals surface area contributed by atoms with E-state index in [4.69, 9.17) is 0 Å². The Kier molecular flexibility index (Phi) is 15.9. The number of rotatable bonds is 20. The first-order valence-corrected chi connectivity index (χ1v) is 23.8. The molecule has 330 valence electrons. The summed E-state index contributed by atoms with van der Waals surface area (Å²) >= 11 is 0. The molecule has 0 spiro atoms. The number of hydrogen-bond donors (Lipinski definition) is 3. The second kappa shape index (κ2) is 22.5. The van der Waals surface area contributed by atoms with Gasteiger partial charge in [-0.3, -0.25) is 9.59 Å². The van der Waals surface area contributed by atoms with Crippen molar-refractivity contribution in [3.8, 4) is 0 Å². The second-order valence-electron chi connectivity index (χ2n) is 15.4. The summed E-state index contributed by atoms with van der Waals surface area (Å²) in [6.07, 6.45) is 5.37. The first-order valence-electron chi connectivity index (χ1n) is 21.3. The van der Waals surface area contributed by atoms with Gasteiger partial charge in [-0.15, -0.1) is 20.5 Å². The third kappa shape index (κ3) is 11.8. The number of azo groups is 2. The lowest BCUT2D eigenvalue weighted by atomic mass is 10.1. The summed E-state index contributed by atoms with van der Waals surface area (Å²) in [6.45, 7) is 5.20. The number of pyridine rings is 1. The van der Waals surface area contributed by atoms with E-state index in [1.54, 1.807) is 27.7 Å². The van der Waals surface area contributed by atoms with E-state index in [9.17, 15) is 9.59 Å². The van der Waals surface area contributed by atoms with E-state index >= 15 is 0 Å². The van der Waals surface area contributed by atoms with Crippen LogP contribution >= 0.6 is 21.6 Å². The van der Waals surface area contributed by atoms with Crippen molar-refractivity contribution in [1.29, 1.82) is 0 Å². The molecule has 0 aliphatic rings. The highest BCUT2D eigenvalue weighted by Gasteiger charge is 2.17. The Morgan fingerprint density at radius 1 is 0.615 bits per heavy atom. The molecular formula is C51H53N10O2S2+. The predicted molar refractivity (Wildman–Crippen MR) is 273 cm³/mol. The van der Waals surface area contributed by atoms with Crippen LogP contribution in [0.1, 0.15) is 5.56 Å². The molecule has 65 heavy (non-hydrogen) atoms. The van der Waals surface area contributed by atoms with Gasteiger partial charge in [0, 0.05) is 109 Å². The average Bonchev–Trinajstić information content (AvgIpc) is 3.32. The van der Waals surface area contributed by atoms with Gasteiger partial charge >= 0.3 is 0 Å². The Morgan fingerprint density at radius 3 is 1.75 bits per heavy atom. The van der Waals surface area contributed by atoms with Crippen molar-refractivity contribution in [3.63, 3.8) is 0 Å². The molecule has 1 aromatic heterocycles. The Hall–Kier alpha value is -7.03. The van der Waals surface area contributed by atoms with Gasteiger partial charge in [-0.25, -0.2) is 0 Å². The van der Waals surface area contributed by atoms with E-state index in [1.807, 2.05) is 148 Å². The molecule has 3 N–H and O–H groups in total. The van der Waals surface area contributed by atoms with Gasteiger partial charge in [0.1, 0.15) is 5.69 Å². The van der Waals surface area contributed by atoms with Crippen molar-refractivity contribution in [2.24, 2.45) is 20.5 Å². The number of para-hydroxylation sites is 2. The van der Waals surface area contributed by atoms with Crippen LogP contribution in [-0.4, -0.2) is 71.1 Å². The van der Waals surface area contributed by atoms with Crippen molar-refractivity contribution in [2.75, 3.05) is 74.4 Å². The molecule has 0 aliphatic heterocycles. The monoisotopic (exact) mass is 901 g/mol. The highest BCUT2D eigenvalue weighted by Crippen LogP contribution is 2.36. The first-order chi connectivity index (χ1) is 31.7. The number of aromatic nitrogens is 1. The summed E-state index contributed by atoms with van der Waals surface area (Å²) in [6, 6.07) is 42.0. The van der Waals surface area contributed by atoms with Gasteiger partial charge in [0.15, 0.2) is 6.20 Å². The number of carbonyl (C=O) groups excluding carboxylic acids is 2. The van der Waals surface area contributed by atoms with Crippen LogP contribution in [0.15, 0.2) is 173 Å². The Balaban J connectivity index is 0.839. The molecule has 0 radical (unpaired) electrons. The van der Waals surface area contributed by atoms with Gasteiger partial charge in [0.05, 0.1) is 29.0 Å². The fraction of sp³-hybridized carbons (Fsp3) is 0.196.